The van der Waals surface area contributed by atoms with E-state index >= 15 is 0 Å². The molecule has 2 aliphatic rings. The Bertz CT molecular complexity index is 432. The Morgan fingerprint density at radius 2 is 2.20 bits per heavy atom. The highest BCUT2D eigenvalue weighted by atomic mass is 14.9. The van der Waals surface area contributed by atoms with E-state index in [2.05, 4.69) is 46.9 Å². The van der Waals surface area contributed by atoms with Crippen molar-refractivity contribution < 1.29 is 0 Å². The van der Waals surface area contributed by atoms with Crippen LogP contribution in [0.4, 0.5) is 5.69 Å². The molecule has 2 nitrogen and oxygen atoms in total. The molecule has 0 saturated heterocycles. The maximum Gasteiger partial charge on any atom is 0.0667 e. The molecule has 2 aliphatic heterocycles. The first kappa shape index (κ1) is 8.86. The molecule has 1 unspecified atom stereocenters. The smallest absolute Gasteiger partial charge is 0.0667 e. The first-order valence-electron chi connectivity index (χ1n) is 5.48. The van der Waals surface area contributed by atoms with Crippen LogP contribution in [-0.2, 0) is 0 Å². The van der Waals surface area contributed by atoms with Crippen LogP contribution in [0.5, 0.6) is 0 Å². The molecule has 0 bridgehead atoms. The second-order valence-electron chi connectivity index (χ2n) is 4.05. The third-order valence-electron chi connectivity index (χ3n) is 3.13. The topological polar surface area (TPSA) is 24.4 Å². The summed E-state index contributed by atoms with van der Waals surface area (Å²) in [5.41, 5.74) is 4.02. The molecule has 1 aromatic rings. The quantitative estimate of drug-likeness (QED) is 0.688. The number of hydrogen-bond donors (Lipinski definition) is 1. The largest absolute Gasteiger partial charge is 0.313 e. The van der Waals surface area contributed by atoms with Crippen LogP contribution in [0.2, 0.25) is 0 Å². The van der Waals surface area contributed by atoms with E-state index in [0.717, 1.165) is 25.2 Å². The van der Waals surface area contributed by atoms with Crippen molar-refractivity contribution in [2.24, 2.45) is 4.99 Å². The van der Waals surface area contributed by atoms with E-state index in [4.69, 9.17) is 0 Å². The van der Waals surface area contributed by atoms with Crippen molar-refractivity contribution in [3.8, 4) is 0 Å². The Kier molecular flexibility index (Phi) is 2.14. The van der Waals surface area contributed by atoms with Gasteiger partial charge in [-0.05, 0) is 24.6 Å². The first-order valence-corrected chi connectivity index (χ1v) is 5.48. The number of hydrogen-bond acceptors (Lipinski definition) is 2. The van der Waals surface area contributed by atoms with Gasteiger partial charge in [0.2, 0.25) is 0 Å². The summed E-state index contributed by atoms with van der Waals surface area (Å²) in [6.07, 6.45) is 5.54. The zero-order valence-electron chi connectivity index (χ0n) is 8.61. The van der Waals surface area contributed by atoms with Crippen LogP contribution in [-0.4, -0.2) is 19.3 Å². The molecular formula is C13H14N2. The molecule has 2 heterocycles. The van der Waals surface area contributed by atoms with Gasteiger partial charge in [-0.2, -0.15) is 0 Å². The van der Waals surface area contributed by atoms with E-state index in [1.165, 1.54) is 11.1 Å². The van der Waals surface area contributed by atoms with Gasteiger partial charge in [-0.1, -0.05) is 29.8 Å². The summed E-state index contributed by atoms with van der Waals surface area (Å²) in [7, 11) is 0. The third kappa shape index (κ3) is 1.51. The second-order valence-corrected chi connectivity index (χ2v) is 4.05. The van der Waals surface area contributed by atoms with Gasteiger partial charge < -0.3 is 5.32 Å². The summed E-state index contributed by atoms with van der Waals surface area (Å²) in [5.74, 6) is 0.434. The number of fused-ring (bicyclic) bond motifs is 1. The highest BCUT2D eigenvalue weighted by Crippen LogP contribution is 2.37. The van der Waals surface area contributed by atoms with Gasteiger partial charge in [0, 0.05) is 18.7 Å². The van der Waals surface area contributed by atoms with Gasteiger partial charge in [-0.15, -0.1) is 0 Å². The zero-order chi connectivity index (χ0) is 10.1. The van der Waals surface area contributed by atoms with Crippen molar-refractivity contribution in [3.05, 3.63) is 41.5 Å². The zero-order valence-corrected chi connectivity index (χ0v) is 8.61. The van der Waals surface area contributed by atoms with Crippen LogP contribution in [0.1, 0.15) is 17.9 Å². The second kappa shape index (κ2) is 3.63. The average molecular weight is 198 g/mol. The molecule has 0 amide bonds. The predicted octanol–water partition coefficient (Wildman–Crippen LogP) is 2.41. The van der Waals surface area contributed by atoms with Crippen molar-refractivity contribution in [1.82, 2.24) is 5.32 Å². The molecule has 0 saturated carbocycles. The van der Waals surface area contributed by atoms with Gasteiger partial charge in [-0.25, -0.2) is 0 Å². The van der Waals surface area contributed by atoms with E-state index in [1.54, 1.807) is 0 Å². The normalized spacial score (nSPS) is 23.7. The molecule has 15 heavy (non-hydrogen) atoms. The Morgan fingerprint density at radius 3 is 3.07 bits per heavy atom. The van der Waals surface area contributed by atoms with Gasteiger partial charge in [0.25, 0.3) is 0 Å². The summed E-state index contributed by atoms with van der Waals surface area (Å²) in [6, 6.07) is 8.43. The van der Waals surface area contributed by atoms with E-state index in [1.807, 2.05) is 0 Å². The van der Waals surface area contributed by atoms with Crippen LogP contribution in [0.15, 0.2) is 40.9 Å². The molecule has 0 spiro atoms. The summed E-state index contributed by atoms with van der Waals surface area (Å²) < 4.78 is 0. The molecule has 1 N–H and O–H groups in total. The molecular weight excluding hydrogens is 184 g/mol. The van der Waals surface area contributed by atoms with E-state index in [9.17, 15) is 0 Å². The number of rotatable bonds is 1. The fraction of sp³-hybridized carbons (Fsp3) is 0.308. The minimum absolute atomic E-state index is 0.434. The highest BCUT2D eigenvalue weighted by Gasteiger charge is 2.22. The van der Waals surface area contributed by atoms with Crippen molar-refractivity contribution in [2.45, 2.75) is 12.3 Å². The third-order valence-corrected chi connectivity index (χ3v) is 3.13. The Balaban J connectivity index is 1.96. The van der Waals surface area contributed by atoms with Gasteiger partial charge in [0.15, 0.2) is 0 Å². The fourth-order valence-electron chi connectivity index (χ4n) is 2.32. The van der Waals surface area contributed by atoms with Crippen molar-refractivity contribution in [2.75, 3.05) is 13.1 Å². The minimum atomic E-state index is 0.434. The lowest BCUT2D eigenvalue weighted by molar-refractivity contribution is 0.686. The monoisotopic (exact) mass is 198 g/mol. The maximum atomic E-state index is 4.47. The summed E-state index contributed by atoms with van der Waals surface area (Å²) in [5, 5.41) is 3.34. The molecule has 0 aromatic heterocycles. The van der Waals surface area contributed by atoms with E-state index in [0.29, 0.717) is 5.92 Å². The number of nitrogens with one attached hydrogen (secondary N) is 1. The Labute approximate surface area is 89.7 Å². The molecule has 1 atom stereocenters. The van der Waals surface area contributed by atoms with Crippen molar-refractivity contribution >= 4 is 11.9 Å². The number of aliphatic imine (C=N–C) groups is 1. The molecule has 3 rings (SSSR count). The molecule has 0 fully saturated rings. The van der Waals surface area contributed by atoms with Gasteiger partial charge in [0.05, 0.1) is 5.69 Å². The van der Waals surface area contributed by atoms with Gasteiger partial charge >= 0.3 is 0 Å². The Hall–Kier alpha value is -1.41. The van der Waals surface area contributed by atoms with Crippen molar-refractivity contribution in [1.29, 1.82) is 0 Å². The predicted molar refractivity (Wildman–Crippen MR) is 62.9 cm³/mol. The molecule has 0 radical (unpaired) electrons. The molecule has 2 heteroatoms. The van der Waals surface area contributed by atoms with Crippen molar-refractivity contribution in [3.63, 3.8) is 0 Å². The number of benzene rings is 1. The standard InChI is InChI=1S/C13H14N2/c1-2-4-13-11(3-1)12(9-15-13)10-5-7-14-8-6-10/h1-5,9,12,14H,6-8H2. The number of nitrogens with zero attached hydrogens (tertiary/aromatic N) is 1. The molecule has 0 aliphatic carbocycles. The van der Waals surface area contributed by atoms with Crippen LogP contribution >= 0.6 is 0 Å². The van der Waals surface area contributed by atoms with Crippen LogP contribution in [0.25, 0.3) is 0 Å². The van der Waals surface area contributed by atoms with Crippen LogP contribution in [0, 0.1) is 0 Å². The summed E-state index contributed by atoms with van der Waals surface area (Å²) in [6.45, 7) is 2.10. The van der Waals surface area contributed by atoms with Crippen LogP contribution in [0.3, 0.4) is 0 Å². The van der Waals surface area contributed by atoms with Gasteiger partial charge in [-0.3, -0.25) is 4.99 Å². The molecule has 76 valence electrons. The number of para-hydroxylation sites is 1. The average Bonchev–Trinajstić information content (AvgIpc) is 2.74. The Morgan fingerprint density at radius 1 is 1.27 bits per heavy atom. The summed E-state index contributed by atoms with van der Waals surface area (Å²) >= 11 is 0. The van der Waals surface area contributed by atoms with Gasteiger partial charge in [0.1, 0.15) is 0 Å². The van der Waals surface area contributed by atoms with E-state index in [-0.39, 0.29) is 0 Å². The SMILES string of the molecule is C1=Nc2ccccc2C1C1=CCNCC1. The van der Waals surface area contributed by atoms with Crippen LogP contribution < -0.4 is 5.32 Å². The lowest BCUT2D eigenvalue weighted by Crippen LogP contribution is -2.22. The lowest BCUT2D eigenvalue weighted by Gasteiger charge is -2.18. The maximum absolute atomic E-state index is 4.47. The van der Waals surface area contributed by atoms with E-state index < -0.39 is 0 Å². The highest BCUT2D eigenvalue weighted by molar-refractivity contribution is 5.83. The molecule has 1 aromatic carbocycles. The summed E-state index contributed by atoms with van der Waals surface area (Å²) in [4.78, 5) is 4.47. The minimum Gasteiger partial charge on any atom is -0.313 e. The first-order chi connectivity index (χ1) is 7.45. The fourth-order valence-corrected chi connectivity index (χ4v) is 2.32. The lowest BCUT2D eigenvalue weighted by atomic mass is 9.89.